The SMILES string of the molecule is CCCn1nccc1S(=O)(=O)NC(C)c1ncc(C)[nH]1. The Balaban J connectivity index is 2.20. The summed E-state index contributed by atoms with van der Waals surface area (Å²) in [5.41, 5.74) is 0.891. The monoisotopic (exact) mass is 297 g/mol. The van der Waals surface area contributed by atoms with Gasteiger partial charge in [0.15, 0.2) is 5.03 Å². The Kier molecular flexibility index (Phi) is 4.24. The summed E-state index contributed by atoms with van der Waals surface area (Å²) in [6.45, 7) is 6.15. The van der Waals surface area contributed by atoms with Crippen LogP contribution < -0.4 is 4.72 Å². The second-order valence-electron chi connectivity index (χ2n) is 4.69. The lowest BCUT2D eigenvalue weighted by molar-refractivity contribution is 0.515. The third-order valence-electron chi connectivity index (χ3n) is 2.85. The van der Waals surface area contributed by atoms with Gasteiger partial charge in [0.05, 0.1) is 12.2 Å². The molecule has 0 aromatic carbocycles. The molecule has 0 radical (unpaired) electrons. The molecule has 0 bridgehead atoms. The summed E-state index contributed by atoms with van der Waals surface area (Å²) >= 11 is 0. The van der Waals surface area contributed by atoms with Crippen molar-refractivity contribution >= 4 is 10.0 Å². The number of rotatable bonds is 6. The van der Waals surface area contributed by atoms with Crippen LogP contribution in [0.3, 0.4) is 0 Å². The van der Waals surface area contributed by atoms with Gasteiger partial charge in [-0.05, 0) is 26.3 Å². The molecule has 2 N–H and O–H groups in total. The van der Waals surface area contributed by atoms with Crippen LogP contribution in [0, 0.1) is 6.92 Å². The number of nitrogens with zero attached hydrogens (tertiary/aromatic N) is 3. The van der Waals surface area contributed by atoms with Gasteiger partial charge in [0.25, 0.3) is 10.0 Å². The van der Waals surface area contributed by atoms with E-state index in [9.17, 15) is 8.42 Å². The molecule has 20 heavy (non-hydrogen) atoms. The van der Waals surface area contributed by atoms with Crippen molar-refractivity contribution in [3.8, 4) is 0 Å². The molecule has 0 saturated carbocycles. The third-order valence-corrected chi connectivity index (χ3v) is 4.41. The molecular formula is C12H19N5O2S. The minimum Gasteiger partial charge on any atom is -0.345 e. The first kappa shape index (κ1) is 14.7. The Labute approximate surface area is 118 Å². The van der Waals surface area contributed by atoms with Gasteiger partial charge in [-0.3, -0.25) is 4.68 Å². The molecule has 1 unspecified atom stereocenters. The summed E-state index contributed by atoms with van der Waals surface area (Å²) < 4.78 is 28.8. The van der Waals surface area contributed by atoms with Crippen LogP contribution >= 0.6 is 0 Å². The maximum absolute atomic E-state index is 12.4. The van der Waals surface area contributed by atoms with E-state index in [4.69, 9.17) is 0 Å². The van der Waals surface area contributed by atoms with Crippen molar-refractivity contribution in [2.24, 2.45) is 0 Å². The van der Waals surface area contributed by atoms with E-state index in [-0.39, 0.29) is 5.03 Å². The van der Waals surface area contributed by atoms with Crippen LogP contribution in [0.1, 0.15) is 37.8 Å². The van der Waals surface area contributed by atoms with E-state index in [2.05, 4.69) is 19.8 Å². The highest BCUT2D eigenvalue weighted by atomic mass is 32.2. The largest absolute Gasteiger partial charge is 0.345 e. The first-order valence-electron chi connectivity index (χ1n) is 6.49. The molecule has 0 saturated heterocycles. The number of aryl methyl sites for hydroxylation is 2. The molecule has 2 rings (SSSR count). The number of imidazole rings is 1. The molecule has 0 aliphatic carbocycles. The highest BCUT2D eigenvalue weighted by Crippen LogP contribution is 2.14. The maximum atomic E-state index is 12.4. The van der Waals surface area contributed by atoms with Crippen LogP contribution in [-0.2, 0) is 16.6 Å². The van der Waals surface area contributed by atoms with Crippen molar-refractivity contribution in [2.45, 2.75) is 44.8 Å². The molecule has 0 fully saturated rings. The Morgan fingerprint density at radius 3 is 2.85 bits per heavy atom. The van der Waals surface area contributed by atoms with Crippen LogP contribution in [0.25, 0.3) is 0 Å². The van der Waals surface area contributed by atoms with E-state index in [0.717, 1.165) is 12.1 Å². The van der Waals surface area contributed by atoms with Gasteiger partial charge in [-0.2, -0.15) is 9.82 Å². The molecule has 2 aromatic heterocycles. The Morgan fingerprint density at radius 1 is 1.50 bits per heavy atom. The predicted molar refractivity (Wildman–Crippen MR) is 74.6 cm³/mol. The van der Waals surface area contributed by atoms with Crippen molar-refractivity contribution in [1.82, 2.24) is 24.5 Å². The number of aromatic amines is 1. The molecule has 0 aliphatic rings. The summed E-state index contributed by atoms with van der Waals surface area (Å²) in [7, 11) is -3.62. The number of aromatic nitrogens is 4. The van der Waals surface area contributed by atoms with E-state index in [1.807, 2.05) is 13.8 Å². The Hall–Kier alpha value is -1.67. The Bertz CT molecular complexity index is 674. The van der Waals surface area contributed by atoms with Crippen LogP contribution in [0.5, 0.6) is 0 Å². The second kappa shape index (κ2) is 5.76. The van der Waals surface area contributed by atoms with E-state index in [0.29, 0.717) is 12.4 Å². The van der Waals surface area contributed by atoms with E-state index in [1.165, 1.54) is 16.9 Å². The van der Waals surface area contributed by atoms with Gasteiger partial charge in [0.2, 0.25) is 0 Å². The zero-order chi connectivity index (χ0) is 14.8. The average Bonchev–Trinajstić information content (AvgIpc) is 2.98. The van der Waals surface area contributed by atoms with E-state index < -0.39 is 16.1 Å². The molecule has 0 amide bonds. The van der Waals surface area contributed by atoms with Crippen molar-refractivity contribution in [3.05, 3.63) is 30.0 Å². The molecular weight excluding hydrogens is 278 g/mol. The molecule has 7 nitrogen and oxygen atoms in total. The fourth-order valence-corrected chi connectivity index (χ4v) is 3.28. The van der Waals surface area contributed by atoms with Crippen molar-refractivity contribution in [1.29, 1.82) is 0 Å². The molecule has 8 heteroatoms. The zero-order valence-corrected chi connectivity index (χ0v) is 12.6. The number of sulfonamides is 1. The van der Waals surface area contributed by atoms with Gasteiger partial charge < -0.3 is 4.98 Å². The van der Waals surface area contributed by atoms with Crippen molar-refractivity contribution in [2.75, 3.05) is 0 Å². The summed E-state index contributed by atoms with van der Waals surface area (Å²) in [5, 5.41) is 4.21. The fourth-order valence-electron chi connectivity index (χ4n) is 1.93. The van der Waals surface area contributed by atoms with Gasteiger partial charge in [-0.1, -0.05) is 6.92 Å². The zero-order valence-electron chi connectivity index (χ0n) is 11.8. The number of hydrogen-bond donors (Lipinski definition) is 2. The molecule has 2 aromatic rings. The van der Waals surface area contributed by atoms with Gasteiger partial charge in [0.1, 0.15) is 5.82 Å². The first-order chi connectivity index (χ1) is 9.44. The van der Waals surface area contributed by atoms with E-state index >= 15 is 0 Å². The summed E-state index contributed by atoms with van der Waals surface area (Å²) in [6.07, 6.45) is 3.98. The Morgan fingerprint density at radius 2 is 2.25 bits per heavy atom. The summed E-state index contributed by atoms with van der Waals surface area (Å²) in [5.74, 6) is 0.590. The van der Waals surface area contributed by atoms with Crippen LogP contribution in [0.15, 0.2) is 23.5 Å². The minimum absolute atomic E-state index is 0.175. The van der Waals surface area contributed by atoms with Gasteiger partial charge in [0, 0.05) is 18.4 Å². The molecule has 110 valence electrons. The summed E-state index contributed by atoms with van der Waals surface area (Å²) in [6, 6.07) is 1.07. The normalized spacial score (nSPS) is 13.6. The van der Waals surface area contributed by atoms with Crippen molar-refractivity contribution < 1.29 is 8.42 Å². The second-order valence-corrected chi connectivity index (χ2v) is 6.35. The summed E-state index contributed by atoms with van der Waals surface area (Å²) in [4.78, 5) is 7.16. The van der Waals surface area contributed by atoms with Gasteiger partial charge >= 0.3 is 0 Å². The molecule has 2 heterocycles. The molecule has 0 spiro atoms. The van der Waals surface area contributed by atoms with Crippen LogP contribution in [0.4, 0.5) is 0 Å². The average molecular weight is 297 g/mol. The number of hydrogen-bond acceptors (Lipinski definition) is 4. The minimum atomic E-state index is -3.62. The lowest BCUT2D eigenvalue weighted by Crippen LogP contribution is -2.29. The fraction of sp³-hybridized carbons (Fsp3) is 0.500. The van der Waals surface area contributed by atoms with Crippen LogP contribution in [-0.4, -0.2) is 28.2 Å². The highest BCUT2D eigenvalue weighted by Gasteiger charge is 2.23. The van der Waals surface area contributed by atoms with E-state index in [1.54, 1.807) is 13.1 Å². The number of nitrogens with one attached hydrogen (secondary N) is 2. The predicted octanol–water partition coefficient (Wildman–Crippen LogP) is 1.36. The third kappa shape index (κ3) is 3.07. The lowest BCUT2D eigenvalue weighted by Gasteiger charge is -2.13. The molecule has 1 atom stereocenters. The first-order valence-corrected chi connectivity index (χ1v) is 7.98. The standard InChI is InChI=1S/C12H19N5O2S/c1-4-7-17-11(5-6-14-17)20(18,19)16-10(3)12-13-8-9(2)15-12/h5-6,8,10,16H,4,7H2,1-3H3,(H,13,15). The van der Waals surface area contributed by atoms with Gasteiger partial charge in [-0.25, -0.2) is 13.4 Å². The van der Waals surface area contributed by atoms with Gasteiger partial charge in [-0.15, -0.1) is 0 Å². The topological polar surface area (TPSA) is 92.7 Å². The number of H-pyrrole nitrogens is 1. The van der Waals surface area contributed by atoms with Crippen molar-refractivity contribution in [3.63, 3.8) is 0 Å². The molecule has 0 aliphatic heterocycles. The smallest absolute Gasteiger partial charge is 0.258 e. The quantitative estimate of drug-likeness (QED) is 0.842. The highest BCUT2D eigenvalue weighted by molar-refractivity contribution is 7.89. The lowest BCUT2D eigenvalue weighted by atomic mass is 10.3. The maximum Gasteiger partial charge on any atom is 0.258 e. The van der Waals surface area contributed by atoms with Crippen LogP contribution in [0.2, 0.25) is 0 Å².